The fourth-order valence-corrected chi connectivity index (χ4v) is 4.95. The minimum Gasteiger partial charge on any atom is -0.478 e. The number of carbonyl (C=O) groups is 2. The maximum Gasteiger partial charge on any atom is 0.265 e. The van der Waals surface area contributed by atoms with E-state index in [1.807, 2.05) is 6.92 Å². The standard InChI is InChI=1S/C21H23N3O6S/c1-2-18-21(26)22-17-14-16(6-7-19(17)30-18)31(27,28)24-11-9-23(10-12-24)20(25)8-5-15-4-3-13-29-15/h3-8,13-14,18H,2,9-12H2,1H3,(H,22,26)/b8-5+. The van der Waals surface area contributed by atoms with Crippen LogP contribution in [-0.4, -0.2) is 61.7 Å². The predicted molar refractivity (Wildman–Crippen MR) is 113 cm³/mol. The van der Waals surface area contributed by atoms with Gasteiger partial charge in [-0.05, 0) is 42.8 Å². The van der Waals surface area contributed by atoms with E-state index in [-0.39, 0.29) is 42.9 Å². The molecule has 1 saturated heterocycles. The summed E-state index contributed by atoms with van der Waals surface area (Å²) < 4.78 is 38.3. The number of piperazine rings is 1. The number of fused-ring (bicyclic) bond motifs is 1. The van der Waals surface area contributed by atoms with Crippen LogP contribution in [0.3, 0.4) is 0 Å². The van der Waals surface area contributed by atoms with Crippen LogP contribution in [0.1, 0.15) is 19.1 Å². The Bertz CT molecular complexity index is 1100. The summed E-state index contributed by atoms with van der Waals surface area (Å²) in [7, 11) is -3.77. The predicted octanol–water partition coefficient (Wildman–Crippen LogP) is 1.94. The van der Waals surface area contributed by atoms with Crippen LogP contribution in [0.2, 0.25) is 0 Å². The molecule has 0 saturated carbocycles. The van der Waals surface area contributed by atoms with Gasteiger partial charge in [0.05, 0.1) is 16.8 Å². The maximum absolute atomic E-state index is 13.1. The zero-order chi connectivity index (χ0) is 22.0. The summed E-state index contributed by atoms with van der Waals surface area (Å²) >= 11 is 0. The van der Waals surface area contributed by atoms with Crippen LogP contribution < -0.4 is 10.1 Å². The second-order valence-electron chi connectivity index (χ2n) is 7.24. The van der Waals surface area contributed by atoms with Crippen LogP contribution >= 0.6 is 0 Å². The third kappa shape index (κ3) is 4.35. The largest absolute Gasteiger partial charge is 0.478 e. The van der Waals surface area contributed by atoms with Crippen molar-refractivity contribution in [3.8, 4) is 5.75 Å². The number of amides is 2. The number of sulfonamides is 1. The number of furan rings is 1. The number of benzene rings is 1. The van der Waals surface area contributed by atoms with Crippen molar-refractivity contribution in [1.82, 2.24) is 9.21 Å². The lowest BCUT2D eigenvalue weighted by molar-refractivity contribution is -0.127. The minimum atomic E-state index is -3.77. The number of hydrogen-bond donors (Lipinski definition) is 1. The summed E-state index contributed by atoms with van der Waals surface area (Å²) in [4.78, 5) is 26.0. The van der Waals surface area contributed by atoms with Gasteiger partial charge in [-0.2, -0.15) is 4.31 Å². The molecule has 1 atom stereocenters. The number of nitrogens with zero attached hydrogens (tertiary/aromatic N) is 2. The van der Waals surface area contributed by atoms with Gasteiger partial charge in [-0.15, -0.1) is 0 Å². The van der Waals surface area contributed by atoms with Crippen LogP contribution in [0, 0.1) is 0 Å². The van der Waals surface area contributed by atoms with Crippen LogP contribution in [0.25, 0.3) is 6.08 Å². The van der Waals surface area contributed by atoms with E-state index < -0.39 is 16.1 Å². The van der Waals surface area contributed by atoms with Crippen molar-refractivity contribution in [1.29, 1.82) is 0 Å². The molecule has 2 aliphatic rings. The summed E-state index contributed by atoms with van der Waals surface area (Å²) in [6, 6.07) is 7.92. The number of nitrogens with one attached hydrogen (secondary N) is 1. The molecule has 2 amide bonds. The van der Waals surface area contributed by atoms with Crippen molar-refractivity contribution < 1.29 is 27.2 Å². The zero-order valence-corrected chi connectivity index (χ0v) is 17.8. The molecule has 1 fully saturated rings. The first kappa shape index (κ1) is 21.1. The normalized spacial score (nSPS) is 19.7. The third-order valence-electron chi connectivity index (χ3n) is 5.26. The maximum atomic E-state index is 13.1. The van der Waals surface area contributed by atoms with Gasteiger partial charge in [-0.1, -0.05) is 6.92 Å². The smallest absolute Gasteiger partial charge is 0.265 e. The average Bonchev–Trinajstić information content (AvgIpc) is 3.30. The van der Waals surface area contributed by atoms with Gasteiger partial charge in [0.15, 0.2) is 6.10 Å². The first-order valence-corrected chi connectivity index (χ1v) is 11.4. The molecule has 1 unspecified atom stereocenters. The van der Waals surface area contributed by atoms with Gasteiger partial charge in [-0.3, -0.25) is 9.59 Å². The van der Waals surface area contributed by atoms with Crippen molar-refractivity contribution in [3.63, 3.8) is 0 Å². The highest BCUT2D eigenvalue weighted by Gasteiger charge is 2.32. The van der Waals surface area contributed by atoms with Crippen LogP contribution in [0.5, 0.6) is 5.75 Å². The molecule has 10 heteroatoms. The van der Waals surface area contributed by atoms with Gasteiger partial charge in [0.2, 0.25) is 15.9 Å². The number of hydrogen-bond acceptors (Lipinski definition) is 6. The monoisotopic (exact) mass is 445 g/mol. The van der Waals surface area contributed by atoms with E-state index >= 15 is 0 Å². The second-order valence-corrected chi connectivity index (χ2v) is 9.18. The Morgan fingerprint density at radius 1 is 1.23 bits per heavy atom. The fraction of sp³-hybridized carbons (Fsp3) is 0.333. The molecule has 1 aromatic carbocycles. The number of rotatable bonds is 5. The Morgan fingerprint density at radius 2 is 2.00 bits per heavy atom. The lowest BCUT2D eigenvalue weighted by Crippen LogP contribution is -2.50. The summed E-state index contributed by atoms with van der Waals surface area (Å²) in [5.74, 6) is 0.527. The van der Waals surface area contributed by atoms with Crippen molar-refractivity contribution in [2.24, 2.45) is 0 Å². The summed E-state index contributed by atoms with van der Waals surface area (Å²) in [6.07, 6.45) is 4.46. The summed E-state index contributed by atoms with van der Waals surface area (Å²) in [6.45, 7) is 2.76. The second kappa shape index (κ2) is 8.56. The SMILES string of the molecule is CCC1Oc2ccc(S(=O)(=O)N3CCN(C(=O)/C=C/c4ccco4)CC3)cc2NC1=O. The Labute approximate surface area is 180 Å². The molecular formula is C21H23N3O6S. The van der Waals surface area contributed by atoms with Crippen molar-refractivity contribution in [2.45, 2.75) is 24.3 Å². The Hall–Kier alpha value is -3.11. The van der Waals surface area contributed by atoms with Crippen LogP contribution in [-0.2, 0) is 19.6 Å². The molecule has 1 aromatic heterocycles. The lowest BCUT2D eigenvalue weighted by Gasteiger charge is -2.33. The molecule has 0 radical (unpaired) electrons. The topological polar surface area (TPSA) is 109 Å². The minimum absolute atomic E-state index is 0.0718. The van der Waals surface area contributed by atoms with Crippen molar-refractivity contribution in [2.75, 3.05) is 31.5 Å². The zero-order valence-electron chi connectivity index (χ0n) is 17.0. The highest BCUT2D eigenvalue weighted by molar-refractivity contribution is 7.89. The number of anilines is 1. The molecule has 2 aromatic rings. The molecule has 9 nitrogen and oxygen atoms in total. The van der Waals surface area contributed by atoms with Crippen molar-refractivity contribution >= 4 is 33.6 Å². The average molecular weight is 445 g/mol. The van der Waals surface area contributed by atoms with Crippen molar-refractivity contribution in [3.05, 3.63) is 48.4 Å². The van der Waals surface area contributed by atoms with E-state index in [2.05, 4.69) is 5.32 Å². The molecule has 31 heavy (non-hydrogen) atoms. The summed E-state index contributed by atoms with van der Waals surface area (Å²) in [5.41, 5.74) is 0.340. The number of ether oxygens (including phenoxy) is 1. The third-order valence-corrected chi connectivity index (χ3v) is 7.16. The van der Waals surface area contributed by atoms with E-state index in [1.165, 1.54) is 28.8 Å². The molecule has 0 bridgehead atoms. The molecule has 1 N–H and O–H groups in total. The van der Waals surface area contributed by atoms with Crippen LogP contribution in [0.4, 0.5) is 5.69 Å². The fourth-order valence-electron chi connectivity index (χ4n) is 3.50. The highest BCUT2D eigenvalue weighted by atomic mass is 32.2. The van der Waals surface area contributed by atoms with E-state index in [0.717, 1.165) is 0 Å². The van der Waals surface area contributed by atoms with Gasteiger partial charge in [0.25, 0.3) is 5.91 Å². The van der Waals surface area contributed by atoms with E-state index in [1.54, 1.807) is 29.2 Å². The first-order chi connectivity index (χ1) is 14.9. The van der Waals surface area contributed by atoms with Gasteiger partial charge < -0.3 is 19.4 Å². The summed E-state index contributed by atoms with van der Waals surface area (Å²) in [5, 5.41) is 2.71. The number of carbonyl (C=O) groups excluding carboxylic acids is 2. The molecule has 4 rings (SSSR count). The van der Waals surface area contributed by atoms with Gasteiger partial charge in [-0.25, -0.2) is 8.42 Å². The van der Waals surface area contributed by atoms with E-state index in [4.69, 9.17) is 9.15 Å². The van der Waals surface area contributed by atoms with Crippen LogP contribution in [0.15, 0.2) is 52.0 Å². The highest BCUT2D eigenvalue weighted by Crippen LogP contribution is 2.33. The van der Waals surface area contributed by atoms with Gasteiger partial charge in [0.1, 0.15) is 11.5 Å². The molecule has 2 aliphatic heterocycles. The molecule has 164 valence electrons. The Balaban J connectivity index is 1.42. The molecule has 0 aliphatic carbocycles. The van der Waals surface area contributed by atoms with Gasteiger partial charge >= 0.3 is 0 Å². The molecular weight excluding hydrogens is 422 g/mol. The van der Waals surface area contributed by atoms with E-state index in [0.29, 0.717) is 23.6 Å². The first-order valence-electron chi connectivity index (χ1n) is 10.0. The Kier molecular flexibility index (Phi) is 5.84. The lowest BCUT2D eigenvalue weighted by atomic mass is 10.2. The Morgan fingerprint density at radius 3 is 2.68 bits per heavy atom. The molecule has 3 heterocycles. The van der Waals surface area contributed by atoms with Gasteiger partial charge in [0, 0.05) is 32.3 Å². The van der Waals surface area contributed by atoms with E-state index in [9.17, 15) is 18.0 Å². The molecule has 0 spiro atoms. The quantitative estimate of drug-likeness (QED) is 0.705.